The number of hydrogen-bond acceptors (Lipinski definition) is 2. The molecule has 1 aromatic rings. The van der Waals surface area contributed by atoms with Gasteiger partial charge < -0.3 is 9.88 Å². The van der Waals surface area contributed by atoms with Crippen molar-refractivity contribution in [1.29, 1.82) is 0 Å². The molecular weight excluding hydrogens is 198 g/mol. The van der Waals surface area contributed by atoms with Crippen LogP contribution in [0.1, 0.15) is 45.5 Å². The second-order valence-electron chi connectivity index (χ2n) is 5.54. The highest BCUT2D eigenvalue weighted by molar-refractivity contribution is 5.10. The van der Waals surface area contributed by atoms with Crippen molar-refractivity contribution >= 4 is 0 Å². The van der Waals surface area contributed by atoms with Gasteiger partial charge in [0.05, 0.1) is 6.04 Å². The fraction of sp³-hybridized carbons (Fsp3) is 0.769. The van der Waals surface area contributed by atoms with Crippen molar-refractivity contribution in [1.82, 2.24) is 14.9 Å². The van der Waals surface area contributed by atoms with Gasteiger partial charge in [0.15, 0.2) is 0 Å². The second-order valence-corrected chi connectivity index (χ2v) is 5.54. The highest BCUT2D eigenvalue weighted by Gasteiger charge is 2.51. The molecule has 3 nitrogen and oxygen atoms in total. The molecule has 1 aliphatic carbocycles. The van der Waals surface area contributed by atoms with E-state index >= 15 is 0 Å². The van der Waals surface area contributed by atoms with Crippen molar-refractivity contribution in [3.05, 3.63) is 18.2 Å². The molecule has 0 aromatic carbocycles. The fourth-order valence-electron chi connectivity index (χ4n) is 2.62. The lowest BCUT2D eigenvalue weighted by Gasteiger charge is -2.19. The SMILES string of the molecule is CCCn1ccnc1C(NC)C1CC1(C)C. The Morgan fingerprint density at radius 3 is 2.81 bits per heavy atom. The molecule has 1 aliphatic rings. The van der Waals surface area contributed by atoms with E-state index in [0.29, 0.717) is 11.5 Å². The van der Waals surface area contributed by atoms with Crippen LogP contribution in [0.4, 0.5) is 0 Å². The Morgan fingerprint density at radius 2 is 2.31 bits per heavy atom. The lowest BCUT2D eigenvalue weighted by atomic mass is 10.0. The van der Waals surface area contributed by atoms with Crippen molar-refractivity contribution in [2.45, 2.75) is 46.2 Å². The Labute approximate surface area is 98.3 Å². The lowest BCUT2D eigenvalue weighted by molar-refractivity contribution is 0.409. The minimum absolute atomic E-state index is 0.413. The first-order chi connectivity index (χ1) is 7.60. The zero-order chi connectivity index (χ0) is 11.8. The first-order valence-electron chi connectivity index (χ1n) is 6.28. The molecule has 2 atom stereocenters. The third kappa shape index (κ3) is 2.01. The van der Waals surface area contributed by atoms with Crippen LogP contribution in [0.15, 0.2) is 12.4 Å². The van der Waals surface area contributed by atoms with E-state index in [9.17, 15) is 0 Å². The summed E-state index contributed by atoms with van der Waals surface area (Å²) < 4.78 is 2.29. The van der Waals surface area contributed by atoms with Gasteiger partial charge in [0, 0.05) is 18.9 Å². The number of nitrogens with zero attached hydrogens (tertiary/aromatic N) is 2. The van der Waals surface area contributed by atoms with Gasteiger partial charge in [0.25, 0.3) is 0 Å². The van der Waals surface area contributed by atoms with E-state index in [1.165, 1.54) is 12.2 Å². The van der Waals surface area contributed by atoms with Crippen molar-refractivity contribution < 1.29 is 0 Å². The van der Waals surface area contributed by atoms with Gasteiger partial charge in [0.2, 0.25) is 0 Å². The summed E-state index contributed by atoms with van der Waals surface area (Å²) in [5, 5.41) is 3.44. The largest absolute Gasteiger partial charge is 0.334 e. The van der Waals surface area contributed by atoms with Crippen LogP contribution in [0.3, 0.4) is 0 Å². The standard InChI is InChI=1S/C13H23N3/c1-5-7-16-8-6-15-12(16)11(14-4)10-9-13(10,2)3/h6,8,10-11,14H,5,7,9H2,1-4H3. The van der Waals surface area contributed by atoms with E-state index in [-0.39, 0.29) is 0 Å². The summed E-state index contributed by atoms with van der Waals surface area (Å²) >= 11 is 0. The Balaban J connectivity index is 2.17. The topological polar surface area (TPSA) is 29.9 Å². The molecule has 1 fully saturated rings. The summed E-state index contributed by atoms with van der Waals surface area (Å²) in [4.78, 5) is 4.53. The van der Waals surface area contributed by atoms with E-state index in [1.807, 2.05) is 13.2 Å². The number of aryl methyl sites for hydroxylation is 1. The minimum atomic E-state index is 0.413. The molecule has 16 heavy (non-hydrogen) atoms. The summed E-state index contributed by atoms with van der Waals surface area (Å²) in [5.74, 6) is 1.94. The molecule has 90 valence electrons. The summed E-state index contributed by atoms with van der Waals surface area (Å²) in [6.45, 7) is 7.96. The van der Waals surface area contributed by atoms with Crippen LogP contribution in [0.5, 0.6) is 0 Å². The van der Waals surface area contributed by atoms with Crippen molar-refractivity contribution in [3.63, 3.8) is 0 Å². The van der Waals surface area contributed by atoms with E-state index in [2.05, 4.69) is 41.8 Å². The van der Waals surface area contributed by atoms with Crippen LogP contribution in [0.2, 0.25) is 0 Å². The van der Waals surface area contributed by atoms with Gasteiger partial charge in [-0.2, -0.15) is 0 Å². The first kappa shape index (κ1) is 11.6. The highest BCUT2D eigenvalue weighted by Crippen LogP contribution is 2.57. The average molecular weight is 221 g/mol. The Morgan fingerprint density at radius 1 is 1.62 bits per heavy atom. The molecule has 0 radical (unpaired) electrons. The van der Waals surface area contributed by atoms with Crippen LogP contribution in [-0.2, 0) is 6.54 Å². The van der Waals surface area contributed by atoms with Gasteiger partial charge in [-0.3, -0.25) is 0 Å². The Kier molecular flexibility index (Phi) is 3.06. The number of aromatic nitrogens is 2. The fourth-order valence-corrected chi connectivity index (χ4v) is 2.62. The quantitative estimate of drug-likeness (QED) is 0.828. The summed E-state index contributed by atoms with van der Waals surface area (Å²) in [5.41, 5.74) is 0.483. The number of hydrogen-bond donors (Lipinski definition) is 1. The maximum Gasteiger partial charge on any atom is 0.126 e. The monoisotopic (exact) mass is 221 g/mol. The number of rotatable bonds is 5. The second kappa shape index (κ2) is 4.21. The molecule has 0 saturated heterocycles. The van der Waals surface area contributed by atoms with Crippen LogP contribution in [0, 0.1) is 11.3 Å². The molecule has 2 unspecified atom stereocenters. The minimum Gasteiger partial charge on any atom is -0.334 e. The number of imidazole rings is 1. The highest BCUT2D eigenvalue weighted by atomic mass is 15.1. The van der Waals surface area contributed by atoms with Gasteiger partial charge in [-0.15, -0.1) is 0 Å². The van der Waals surface area contributed by atoms with Gasteiger partial charge >= 0.3 is 0 Å². The van der Waals surface area contributed by atoms with E-state index in [0.717, 1.165) is 18.9 Å². The van der Waals surface area contributed by atoms with E-state index in [4.69, 9.17) is 0 Å². The molecular formula is C13H23N3. The smallest absolute Gasteiger partial charge is 0.126 e. The van der Waals surface area contributed by atoms with Crippen LogP contribution in [-0.4, -0.2) is 16.6 Å². The van der Waals surface area contributed by atoms with Gasteiger partial charge in [-0.25, -0.2) is 4.98 Å². The average Bonchev–Trinajstić information content (AvgIpc) is 2.66. The Bertz CT molecular complexity index is 354. The molecule has 0 amide bonds. The molecule has 3 heteroatoms. The van der Waals surface area contributed by atoms with Gasteiger partial charge in [-0.1, -0.05) is 20.8 Å². The summed E-state index contributed by atoms with van der Waals surface area (Å²) in [6.07, 6.45) is 6.48. The predicted octanol–water partition coefficient (Wildman–Crippen LogP) is 2.60. The lowest BCUT2D eigenvalue weighted by Crippen LogP contribution is -2.24. The van der Waals surface area contributed by atoms with Crippen molar-refractivity contribution in [2.75, 3.05) is 7.05 Å². The van der Waals surface area contributed by atoms with Gasteiger partial charge in [-0.05, 0) is 31.2 Å². The van der Waals surface area contributed by atoms with Crippen molar-refractivity contribution in [2.24, 2.45) is 11.3 Å². The van der Waals surface area contributed by atoms with Gasteiger partial charge in [0.1, 0.15) is 5.82 Å². The van der Waals surface area contributed by atoms with Crippen molar-refractivity contribution in [3.8, 4) is 0 Å². The van der Waals surface area contributed by atoms with Crippen LogP contribution in [0.25, 0.3) is 0 Å². The maximum absolute atomic E-state index is 4.53. The van der Waals surface area contributed by atoms with Crippen LogP contribution >= 0.6 is 0 Å². The zero-order valence-corrected chi connectivity index (χ0v) is 10.8. The Hall–Kier alpha value is -0.830. The maximum atomic E-state index is 4.53. The van der Waals surface area contributed by atoms with E-state index in [1.54, 1.807) is 0 Å². The zero-order valence-electron chi connectivity index (χ0n) is 10.8. The molecule has 1 saturated carbocycles. The molecule has 1 heterocycles. The third-order valence-corrected chi connectivity index (χ3v) is 3.79. The summed E-state index contributed by atoms with van der Waals surface area (Å²) in [6, 6.07) is 0.413. The molecule has 1 aromatic heterocycles. The molecule has 2 rings (SSSR count). The first-order valence-corrected chi connectivity index (χ1v) is 6.28. The molecule has 1 N–H and O–H groups in total. The molecule has 0 aliphatic heterocycles. The normalized spacial score (nSPS) is 24.4. The number of nitrogens with one attached hydrogen (secondary N) is 1. The van der Waals surface area contributed by atoms with E-state index < -0.39 is 0 Å². The molecule has 0 bridgehead atoms. The summed E-state index contributed by atoms with van der Waals surface area (Å²) in [7, 11) is 2.05. The molecule has 0 spiro atoms. The predicted molar refractivity (Wildman–Crippen MR) is 66.2 cm³/mol. The third-order valence-electron chi connectivity index (χ3n) is 3.79. The van der Waals surface area contributed by atoms with Crippen LogP contribution < -0.4 is 5.32 Å².